The zero-order valence-corrected chi connectivity index (χ0v) is 17.1. The Bertz CT molecular complexity index is 1160. The molecule has 0 radical (unpaired) electrons. The molecule has 1 N–H and O–H groups in total. The minimum atomic E-state index is -0.443. The topological polar surface area (TPSA) is 51.2 Å². The third-order valence-electron chi connectivity index (χ3n) is 4.45. The van der Waals surface area contributed by atoms with Crippen molar-refractivity contribution < 1.29 is 13.9 Å². The van der Waals surface area contributed by atoms with E-state index in [0.717, 1.165) is 28.0 Å². The minimum absolute atomic E-state index is 0.267. The number of halogens is 1. The number of nitrogens with one attached hydrogen (secondary N) is 1. The number of thiazole rings is 1. The highest BCUT2D eigenvalue weighted by Crippen LogP contribution is 2.34. The number of rotatable bonds is 6. The Kier molecular flexibility index (Phi) is 5.86. The Hall–Kier alpha value is -3.51. The Labute approximate surface area is 178 Å². The Morgan fingerprint density at radius 2 is 1.63 bits per heavy atom. The van der Waals surface area contributed by atoms with E-state index in [2.05, 4.69) is 10.3 Å². The van der Waals surface area contributed by atoms with Gasteiger partial charge in [-0.15, -0.1) is 0 Å². The summed E-state index contributed by atoms with van der Waals surface area (Å²) in [6.45, 7) is 2.02. The van der Waals surface area contributed by atoms with E-state index in [4.69, 9.17) is 4.74 Å². The Balaban J connectivity index is 1.66. The van der Waals surface area contributed by atoms with Crippen LogP contribution in [0.25, 0.3) is 22.4 Å². The smallest absolute Gasteiger partial charge is 0.350 e. The van der Waals surface area contributed by atoms with E-state index in [1.165, 1.54) is 6.07 Å². The maximum atomic E-state index is 14.8. The van der Waals surface area contributed by atoms with Gasteiger partial charge in [0.15, 0.2) is 5.13 Å². The lowest BCUT2D eigenvalue weighted by molar-refractivity contribution is 0.0532. The number of aromatic nitrogens is 1. The van der Waals surface area contributed by atoms with Crippen LogP contribution >= 0.6 is 11.3 Å². The fourth-order valence-electron chi connectivity index (χ4n) is 3.04. The second-order valence-electron chi connectivity index (χ2n) is 6.47. The summed E-state index contributed by atoms with van der Waals surface area (Å²) in [5.41, 5.74) is 3.33. The summed E-state index contributed by atoms with van der Waals surface area (Å²) in [6, 6.07) is 24.0. The molecule has 0 aliphatic rings. The second kappa shape index (κ2) is 8.88. The molecule has 6 heteroatoms. The number of nitrogens with zero attached hydrogens (tertiary/aromatic N) is 1. The molecule has 150 valence electrons. The number of hydrogen-bond acceptors (Lipinski definition) is 5. The lowest BCUT2D eigenvalue weighted by Crippen LogP contribution is -2.03. The van der Waals surface area contributed by atoms with Gasteiger partial charge in [0.25, 0.3) is 0 Å². The van der Waals surface area contributed by atoms with E-state index in [0.29, 0.717) is 21.4 Å². The molecule has 0 unspecified atom stereocenters. The van der Waals surface area contributed by atoms with Crippen LogP contribution in [0, 0.1) is 5.82 Å². The fraction of sp³-hybridized carbons (Fsp3) is 0.0833. The van der Waals surface area contributed by atoms with E-state index >= 15 is 0 Å². The van der Waals surface area contributed by atoms with E-state index in [9.17, 15) is 9.18 Å². The number of carbonyl (C=O) groups excluding carboxylic acids is 1. The van der Waals surface area contributed by atoms with Gasteiger partial charge in [-0.05, 0) is 30.2 Å². The number of ether oxygens (including phenoxy) is 1. The van der Waals surface area contributed by atoms with Gasteiger partial charge in [-0.25, -0.2) is 14.2 Å². The molecule has 4 aromatic rings. The average Bonchev–Trinajstić information content (AvgIpc) is 3.21. The highest BCUT2D eigenvalue weighted by Gasteiger charge is 2.21. The lowest BCUT2D eigenvalue weighted by atomic mass is 10.1. The molecule has 1 heterocycles. The highest BCUT2D eigenvalue weighted by atomic mass is 32.1. The number of carbonyl (C=O) groups is 1. The van der Waals surface area contributed by atoms with Gasteiger partial charge in [-0.2, -0.15) is 0 Å². The molecule has 0 fully saturated rings. The number of anilines is 2. The third kappa shape index (κ3) is 4.23. The first-order valence-corrected chi connectivity index (χ1v) is 10.3. The summed E-state index contributed by atoms with van der Waals surface area (Å²) in [5.74, 6) is -0.840. The molecule has 3 aromatic carbocycles. The first-order chi connectivity index (χ1) is 14.7. The molecule has 0 bridgehead atoms. The van der Waals surface area contributed by atoms with Gasteiger partial charge in [0.05, 0.1) is 18.0 Å². The van der Waals surface area contributed by atoms with Crippen molar-refractivity contribution in [2.75, 3.05) is 11.9 Å². The van der Waals surface area contributed by atoms with Gasteiger partial charge in [0.2, 0.25) is 0 Å². The van der Waals surface area contributed by atoms with Crippen LogP contribution in [0.4, 0.5) is 15.2 Å². The molecule has 0 aliphatic heterocycles. The van der Waals surface area contributed by atoms with Crippen LogP contribution in [0.5, 0.6) is 0 Å². The molecule has 4 nitrogen and oxygen atoms in total. The van der Waals surface area contributed by atoms with Crippen LogP contribution in [-0.2, 0) is 4.74 Å². The van der Waals surface area contributed by atoms with E-state index < -0.39 is 11.8 Å². The molecular weight excluding hydrogens is 399 g/mol. The number of hydrogen-bond donors (Lipinski definition) is 1. The van der Waals surface area contributed by atoms with Crippen LogP contribution in [0.3, 0.4) is 0 Å². The summed E-state index contributed by atoms with van der Waals surface area (Å²) < 4.78 is 19.9. The summed E-state index contributed by atoms with van der Waals surface area (Å²) in [6.07, 6.45) is 0. The van der Waals surface area contributed by atoms with E-state index in [1.807, 2.05) is 66.7 Å². The van der Waals surface area contributed by atoms with Crippen molar-refractivity contribution in [3.8, 4) is 22.4 Å². The SMILES string of the molecule is CCOC(=O)c1sc(Nc2ccc(-c3ccccc3)cc2F)nc1-c1ccccc1. The van der Waals surface area contributed by atoms with Crippen LogP contribution in [-0.4, -0.2) is 17.6 Å². The van der Waals surface area contributed by atoms with Crippen molar-refractivity contribution in [1.82, 2.24) is 4.98 Å². The standard InChI is InChI=1S/C24H19FN2O2S/c1-2-29-23(28)22-21(17-11-7-4-8-12-17)27-24(30-22)26-20-14-13-18(15-19(20)25)16-9-5-3-6-10-16/h3-15H,2H2,1H3,(H,26,27). The third-order valence-corrected chi connectivity index (χ3v) is 5.40. The molecule has 0 saturated heterocycles. The molecule has 0 atom stereocenters. The average molecular weight is 418 g/mol. The van der Waals surface area contributed by atoms with Gasteiger partial charge in [0.1, 0.15) is 10.7 Å². The molecular formula is C24H19FN2O2S. The van der Waals surface area contributed by atoms with Crippen LogP contribution in [0.1, 0.15) is 16.6 Å². The van der Waals surface area contributed by atoms with Crippen molar-refractivity contribution in [2.24, 2.45) is 0 Å². The van der Waals surface area contributed by atoms with Crippen molar-refractivity contribution in [3.63, 3.8) is 0 Å². The Morgan fingerprint density at radius 1 is 0.967 bits per heavy atom. The quantitative estimate of drug-likeness (QED) is 0.361. The van der Waals surface area contributed by atoms with Crippen LogP contribution in [0.2, 0.25) is 0 Å². The predicted octanol–water partition coefficient (Wildman–Crippen LogP) is 6.54. The lowest BCUT2D eigenvalue weighted by Gasteiger charge is -2.07. The molecule has 0 saturated carbocycles. The summed E-state index contributed by atoms with van der Waals surface area (Å²) >= 11 is 1.14. The normalized spacial score (nSPS) is 10.6. The molecule has 0 spiro atoms. The van der Waals surface area contributed by atoms with Gasteiger partial charge >= 0.3 is 5.97 Å². The summed E-state index contributed by atoms with van der Waals surface area (Å²) in [4.78, 5) is 17.3. The van der Waals surface area contributed by atoms with Gasteiger partial charge in [-0.3, -0.25) is 0 Å². The molecule has 0 amide bonds. The van der Waals surface area contributed by atoms with Crippen molar-refractivity contribution in [2.45, 2.75) is 6.92 Å². The van der Waals surface area contributed by atoms with Crippen LogP contribution < -0.4 is 5.32 Å². The predicted molar refractivity (Wildman–Crippen MR) is 119 cm³/mol. The monoisotopic (exact) mass is 418 g/mol. The highest BCUT2D eigenvalue weighted by molar-refractivity contribution is 7.18. The van der Waals surface area contributed by atoms with Gasteiger partial charge in [-0.1, -0.05) is 78.1 Å². The zero-order valence-electron chi connectivity index (χ0n) is 16.3. The summed E-state index contributed by atoms with van der Waals surface area (Å²) in [5, 5.41) is 3.42. The van der Waals surface area contributed by atoms with Crippen molar-refractivity contribution >= 4 is 28.1 Å². The van der Waals surface area contributed by atoms with E-state index in [-0.39, 0.29) is 6.61 Å². The van der Waals surface area contributed by atoms with Crippen LogP contribution in [0.15, 0.2) is 78.9 Å². The zero-order chi connectivity index (χ0) is 20.9. The summed E-state index contributed by atoms with van der Waals surface area (Å²) in [7, 11) is 0. The first kappa shape index (κ1) is 19.8. The molecule has 1 aromatic heterocycles. The maximum absolute atomic E-state index is 14.8. The minimum Gasteiger partial charge on any atom is -0.462 e. The maximum Gasteiger partial charge on any atom is 0.350 e. The fourth-order valence-corrected chi connectivity index (χ4v) is 3.94. The molecule has 0 aliphatic carbocycles. The number of esters is 1. The molecule has 30 heavy (non-hydrogen) atoms. The first-order valence-electron chi connectivity index (χ1n) is 9.51. The number of benzene rings is 3. The van der Waals surface area contributed by atoms with E-state index in [1.54, 1.807) is 13.0 Å². The molecule has 4 rings (SSSR count). The Morgan fingerprint density at radius 3 is 2.27 bits per heavy atom. The van der Waals surface area contributed by atoms with Crippen molar-refractivity contribution in [1.29, 1.82) is 0 Å². The second-order valence-corrected chi connectivity index (χ2v) is 7.47. The van der Waals surface area contributed by atoms with Gasteiger partial charge in [0, 0.05) is 5.56 Å². The van der Waals surface area contributed by atoms with Crippen molar-refractivity contribution in [3.05, 3.63) is 89.6 Å². The van der Waals surface area contributed by atoms with Gasteiger partial charge < -0.3 is 10.1 Å². The largest absolute Gasteiger partial charge is 0.462 e.